The van der Waals surface area contributed by atoms with Crippen LogP contribution in [0.2, 0.25) is 0 Å². The van der Waals surface area contributed by atoms with Gasteiger partial charge in [0.25, 0.3) is 5.91 Å². The molecule has 8 heteroatoms. The molecule has 2 aromatic heterocycles. The normalized spacial score (nSPS) is 16.5. The lowest BCUT2D eigenvalue weighted by Gasteiger charge is -2.15. The second kappa shape index (κ2) is 7.63. The lowest BCUT2D eigenvalue weighted by atomic mass is 10.1. The summed E-state index contributed by atoms with van der Waals surface area (Å²) >= 11 is 1.44. The molecule has 0 bridgehead atoms. The van der Waals surface area contributed by atoms with Gasteiger partial charge in [0, 0.05) is 36.8 Å². The van der Waals surface area contributed by atoms with Crippen molar-refractivity contribution in [2.45, 2.75) is 13.3 Å². The van der Waals surface area contributed by atoms with Crippen molar-refractivity contribution in [2.75, 3.05) is 26.7 Å². The lowest BCUT2D eigenvalue weighted by molar-refractivity contribution is -0.124. The highest BCUT2D eigenvalue weighted by atomic mass is 32.1. The van der Waals surface area contributed by atoms with E-state index in [1.165, 1.54) is 11.3 Å². The summed E-state index contributed by atoms with van der Waals surface area (Å²) in [6.45, 7) is 3.56. The Morgan fingerprint density at radius 3 is 3.04 bits per heavy atom. The smallest absolute Gasteiger partial charge is 0.271 e. The van der Waals surface area contributed by atoms with Crippen molar-refractivity contribution < 1.29 is 14.3 Å². The predicted molar refractivity (Wildman–Crippen MR) is 108 cm³/mol. The van der Waals surface area contributed by atoms with E-state index in [0.717, 1.165) is 22.0 Å². The number of amides is 2. The predicted octanol–water partition coefficient (Wildman–Crippen LogP) is 2.67. The number of aromatic nitrogens is 2. The molecule has 1 aromatic carbocycles. The molecule has 0 radical (unpaired) electrons. The minimum absolute atomic E-state index is 0.0243. The van der Waals surface area contributed by atoms with Crippen LogP contribution in [0.5, 0.6) is 5.75 Å². The molecule has 1 saturated heterocycles. The molecule has 146 valence electrons. The van der Waals surface area contributed by atoms with E-state index in [-0.39, 0.29) is 17.7 Å². The monoisotopic (exact) mass is 398 g/mol. The quantitative estimate of drug-likeness (QED) is 0.717. The van der Waals surface area contributed by atoms with Crippen molar-refractivity contribution in [3.05, 3.63) is 41.5 Å². The minimum Gasteiger partial charge on any atom is -0.497 e. The molecule has 1 aliphatic rings. The van der Waals surface area contributed by atoms with Gasteiger partial charge in [0.1, 0.15) is 11.4 Å². The van der Waals surface area contributed by atoms with Crippen LogP contribution in [0.1, 0.15) is 23.8 Å². The van der Waals surface area contributed by atoms with E-state index in [1.807, 2.05) is 47.2 Å². The topological polar surface area (TPSA) is 75.9 Å². The molecular formula is C20H22N4O3S. The largest absolute Gasteiger partial charge is 0.497 e. The number of nitrogens with one attached hydrogen (secondary N) is 1. The number of carbonyl (C=O) groups excluding carboxylic acids is 2. The third-order valence-corrected chi connectivity index (χ3v) is 5.83. The number of ether oxygens (including phenoxy) is 1. The van der Waals surface area contributed by atoms with Crippen LogP contribution in [0.25, 0.3) is 16.2 Å². The molecular weight excluding hydrogens is 376 g/mol. The van der Waals surface area contributed by atoms with Gasteiger partial charge in [-0.05, 0) is 25.5 Å². The molecule has 3 aromatic rings. The highest BCUT2D eigenvalue weighted by molar-refractivity contribution is 7.15. The SMILES string of the molecule is CCNC(=O)[C@@H]1CCN(C(=O)c2csc3nc(-c4cccc(OC)c4)cn23)C1. The molecule has 1 fully saturated rings. The van der Waals surface area contributed by atoms with Crippen molar-refractivity contribution in [1.82, 2.24) is 19.6 Å². The highest BCUT2D eigenvalue weighted by Crippen LogP contribution is 2.27. The standard InChI is InChI=1S/C20H22N4O3S/c1-3-21-18(25)14-7-8-23(10-14)19(26)17-12-28-20-22-16(11-24(17)20)13-5-4-6-15(9-13)27-2/h4-6,9,11-12,14H,3,7-8,10H2,1-2H3,(H,21,25)/t14-/m1/s1. The van der Waals surface area contributed by atoms with Gasteiger partial charge in [0.15, 0.2) is 4.96 Å². The van der Waals surface area contributed by atoms with Crippen molar-refractivity contribution in [3.63, 3.8) is 0 Å². The fraction of sp³-hybridized carbons (Fsp3) is 0.350. The van der Waals surface area contributed by atoms with Gasteiger partial charge in [-0.2, -0.15) is 0 Å². The van der Waals surface area contributed by atoms with Crippen LogP contribution in [0.3, 0.4) is 0 Å². The Balaban J connectivity index is 1.57. The first-order chi connectivity index (χ1) is 13.6. The molecule has 3 heterocycles. The van der Waals surface area contributed by atoms with E-state index >= 15 is 0 Å². The van der Waals surface area contributed by atoms with Gasteiger partial charge >= 0.3 is 0 Å². The van der Waals surface area contributed by atoms with Gasteiger partial charge in [0.05, 0.1) is 18.7 Å². The van der Waals surface area contributed by atoms with Crippen LogP contribution in [0.15, 0.2) is 35.8 Å². The van der Waals surface area contributed by atoms with E-state index < -0.39 is 0 Å². The van der Waals surface area contributed by atoms with Gasteiger partial charge < -0.3 is 15.0 Å². The van der Waals surface area contributed by atoms with E-state index in [1.54, 1.807) is 12.0 Å². The van der Waals surface area contributed by atoms with Gasteiger partial charge in [0.2, 0.25) is 5.91 Å². The maximum Gasteiger partial charge on any atom is 0.271 e. The highest BCUT2D eigenvalue weighted by Gasteiger charge is 2.32. The Kier molecular flexibility index (Phi) is 5.04. The molecule has 7 nitrogen and oxygen atoms in total. The van der Waals surface area contributed by atoms with E-state index in [9.17, 15) is 9.59 Å². The number of imidazole rings is 1. The molecule has 0 saturated carbocycles. The Labute approximate surface area is 166 Å². The maximum atomic E-state index is 13.0. The van der Waals surface area contributed by atoms with Crippen LogP contribution in [-0.2, 0) is 4.79 Å². The Morgan fingerprint density at radius 2 is 2.25 bits per heavy atom. The zero-order valence-electron chi connectivity index (χ0n) is 15.8. The molecule has 1 aliphatic heterocycles. The van der Waals surface area contributed by atoms with Gasteiger partial charge in [-0.1, -0.05) is 12.1 Å². The number of rotatable bonds is 5. The van der Waals surface area contributed by atoms with Crippen molar-refractivity contribution >= 4 is 28.1 Å². The summed E-state index contributed by atoms with van der Waals surface area (Å²) < 4.78 is 7.12. The first kappa shape index (κ1) is 18.5. The number of benzene rings is 1. The van der Waals surface area contributed by atoms with E-state index in [4.69, 9.17) is 4.74 Å². The van der Waals surface area contributed by atoms with Crippen molar-refractivity contribution in [2.24, 2.45) is 5.92 Å². The average Bonchev–Trinajstić information content (AvgIpc) is 3.43. The summed E-state index contributed by atoms with van der Waals surface area (Å²) in [4.78, 5) is 32.2. The summed E-state index contributed by atoms with van der Waals surface area (Å²) in [6, 6.07) is 7.69. The Bertz CT molecular complexity index is 1030. The lowest BCUT2D eigenvalue weighted by Crippen LogP contribution is -2.34. The zero-order valence-corrected chi connectivity index (χ0v) is 16.7. The van der Waals surface area contributed by atoms with Gasteiger partial charge in [-0.3, -0.25) is 14.0 Å². The molecule has 4 rings (SSSR count). The van der Waals surface area contributed by atoms with Crippen molar-refractivity contribution in [1.29, 1.82) is 0 Å². The maximum absolute atomic E-state index is 13.0. The number of carbonyl (C=O) groups is 2. The fourth-order valence-corrected chi connectivity index (χ4v) is 4.35. The summed E-state index contributed by atoms with van der Waals surface area (Å²) in [6.07, 6.45) is 2.58. The number of fused-ring (bicyclic) bond motifs is 1. The summed E-state index contributed by atoms with van der Waals surface area (Å²) in [5.41, 5.74) is 2.31. The Hall–Kier alpha value is -2.87. The second-order valence-electron chi connectivity index (χ2n) is 6.76. The fourth-order valence-electron chi connectivity index (χ4n) is 3.50. The molecule has 1 atom stereocenters. The molecule has 28 heavy (non-hydrogen) atoms. The second-order valence-corrected chi connectivity index (χ2v) is 7.60. The molecule has 1 N–H and O–H groups in total. The molecule has 0 spiro atoms. The van der Waals surface area contributed by atoms with Crippen LogP contribution < -0.4 is 10.1 Å². The van der Waals surface area contributed by atoms with Crippen molar-refractivity contribution in [3.8, 4) is 17.0 Å². The first-order valence-corrected chi connectivity index (χ1v) is 10.2. The third kappa shape index (κ3) is 3.35. The third-order valence-electron chi connectivity index (χ3n) is 4.99. The number of methoxy groups -OCH3 is 1. The molecule has 2 amide bonds. The molecule has 0 aliphatic carbocycles. The molecule has 0 unspecified atom stereocenters. The van der Waals surface area contributed by atoms with Crippen LogP contribution in [0, 0.1) is 5.92 Å². The first-order valence-electron chi connectivity index (χ1n) is 9.28. The van der Waals surface area contributed by atoms with Crippen LogP contribution >= 0.6 is 11.3 Å². The van der Waals surface area contributed by atoms with Gasteiger partial charge in [-0.15, -0.1) is 11.3 Å². The minimum atomic E-state index is -0.131. The number of hydrogen-bond acceptors (Lipinski definition) is 5. The van der Waals surface area contributed by atoms with E-state index in [2.05, 4.69) is 10.3 Å². The number of thiazole rings is 1. The van der Waals surface area contributed by atoms with E-state index in [0.29, 0.717) is 31.7 Å². The average molecular weight is 398 g/mol. The number of hydrogen-bond donors (Lipinski definition) is 1. The van der Waals surface area contributed by atoms with Crippen LogP contribution in [0.4, 0.5) is 0 Å². The van der Waals surface area contributed by atoms with Gasteiger partial charge in [-0.25, -0.2) is 4.98 Å². The van der Waals surface area contributed by atoms with Crippen LogP contribution in [-0.4, -0.2) is 52.8 Å². The summed E-state index contributed by atoms with van der Waals surface area (Å²) in [7, 11) is 1.63. The summed E-state index contributed by atoms with van der Waals surface area (Å²) in [5.74, 6) is 0.593. The summed E-state index contributed by atoms with van der Waals surface area (Å²) in [5, 5.41) is 4.67. The zero-order chi connectivity index (χ0) is 19.7. The Morgan fingerprint density at radius 1 is 1.39 bits per heavy atom. The number of likely N-dealkylation sites (tertiary alicyclic amines) is 1. The number of nitrogens with zero attached hydrogens (tertiary/aromatic N) is 3.